The third-order valence-corrected chi connectivity index (χ3v) is 5.05. The zero-order valence-electron chi connectivity index (χ0n) is 11.8. The van der Waals surface area contributed by atoms with Crippen molar-refractivity contribution in [3.8, 4) is 0 Å². The standard InChI is InChI=1S/C15H18BrFN2S/c1-4-18-14(8-15-19-9(2)10(3)20-15)12-7-11(17)5-6-13(12)16/h5-7,14,18H,4,8H2,1-3H3. The molecule has 0 fully saturated rings. The molecule has 2 nitrogen and oxygen atoms in total. The lowest BCUT2D eigenvalue weighted by atomic mass is 10.0. The number of halogens is 2. The van der Waals surface area contributed by atoms with Gasteiger partial charge in [-0.3, -0.25) is 0 Å². The molecular formula is C15H18BrFN2S. The van der Waals surface area contributed by atoms with Crippen molar-refractivity contribution in [2.75, 3.05) is 6.54 Å². The van der Waals surface area contributed by atoms with Crippen LogP contribution in [-0.2, 0) is 6.42 Å². The van der Waals surface area contributed by atoms with Crippen molar-refractivity contribution in [2.45, 2.75) is 33.2 Å². The van der Waals surface area contributed by atoms with Crippen molar-refractivity contribution in [3.63, 3.8) is 0 Å². The monoisotopic (exact) mass is 356 g/mol. The Morgan fingerprint density at radius 1 is 1.40 bits per heavy atom. The van der Waals surface area contributed by atoms with E-state index in [1.54, 1.807) is 23.5 Å². The average molecular weight is 357 g/mol. The van der Waals surface area contributed by atoms with Gasteiger partial charge in [-0.15, -0.1) is 11.3 Å². The summed E-state index contributed by atoms with van der Waals surface area (Å²) in [7, 11) is 0. The Labute approximate surface area is 131 Å². The molecule has 1 atom stereocenters. The van der Waals surface area contributed by atoms with Gasteiger partial charge in [0.25, 0.3) is 0 Å². The fourth-order valence-corrected chi connectivity index (χ4v) is 3.62. The molecule has 108 valence electrons. The van der Waals surface area contributed by atoms with Crippen molar-refractivity contribution < 1.29 is 4.39 Å². The molecule has 2 aromatic rings. The van der Waals surface area contributed by atoms with Crippen LogP contribution in [0.2, 0.25) is 0 Å². The summed E-state index contributed by atoms with van der Waals surface area (Å²) in [6.45, 7) is 6.99. The Bertz CT molecular complexity index is 578. The van der Waals surface area contributed by atoms with E-state index in [9.17, 15) is 4.39 Å². The molecule has 1 heterocycles. The number of nitrogens with zero attached hydrogens (tertiary/aromatic N) is 1. The van der Waals surface area contributed by atoms with Gasteiger partial charge in [0, 0.05) is 21.8 Å². The quantitative estimate of drug-likeness (QED) is 0.849. The van der Waals surface area contributed by atoms with Crippen molar-refractivity contribution in [1.82, 2.24) is 10.3 Å². The largest absolute Gasteiger partial charge is 0.310 e. The third kappa shape index (κ3) is 3.65. The summed E-state index contributed by atoms with van der Waals surface area (Å²) in [6.07, 6.45) is 0.773. The second kappa shape index (κ2) is 6.78. The predicted octanol–water partition coefficient (Wildman–Crippen LogP) is 4.55. The molecule has 0 aliphatic heterocycles. The molecule has 1 unspecified atom stereocenters. The van der Waals surface area contributed by atoms with Crippen LogP contribution in [0, 0.1) is 19.7 Å². The van der Waals surface area contributed by atoms with Crippen LogP contribution in [0.25, 0.3) is 0 Å². The van der Waals surface area contributed by atoms with Gasteiger partial charge in [-0.05, 0) is 44.2 Å². The highest BCUT2D eigenvalue weighted by molar-refractivity contribution is 9.10. The van der Waals surface area contributed by atoms with Crippen molar-refractivity contribution >= 4 is 27.3 Å². The third-order valence-electron chi connectivity index (χ3n) is 3.24. The van der Waals surface area contributed by atoms with E-state index in [-0.39, 0.29) is 11.9 Å². The van der Waals surface area contributed by atoms with E-state index >= 15 is 0 Å². The summed E-state index contributed by atoms with van der Waals surface area (Å²) in [4.78, 5) is 5.82. The van der Waals surface area contributed by atoms with Crippen LogP contribution in [0.5, 0.6) is 0 Å². The fourth-order valence-electron chi connectivity index (χ4n) is 2.12. The topological polar surface area (TPSA) is 24.9 Å². The SMILES string of the molecule is CCNC(Cc1nc(C)c(C)s1)c1cc(F)ccc1Br. The van der Waals surface area contributed by atoms with Crippen LogP contribution in [0.4, 0.5) is 4.39 Å². The maximum atomic E-state index is 13.5. The Morgan fingerprint density at radius 2 is 2.15 bits per heavy atom. The van der Waals surface area contributed by atoms with Crippen LogP contribution in [0.3, 0.4) is 0 Å². The summed E-state index contributed by atoms with van der Waals surface area (Å²) < 4.78 is 14.4. The Hall–Kier alpha value is -0.780. The van der Waals surface area contributed by atoms with E-state index in [0.717, 1.165) is 33.7 Å². The first kappa shape index (κ1) is 15.6. The first-order valence-corrected chi connectivity index (χ1v) is 8.23. The molecule has 0 amide bonds. The van der Waals surface area contributed by atoms with Crippen molar-refractivity contribution in [2.24, 2.45) is 0 Å². The minimum Gasteiger partial charge on any atom is -0.310 e. The molecule has 0 radical (unpaired) electrons. The molecule has 0 bridgehead atoms. The molecule has 0 saturated heterocycles. The number of hydrogen-bond donors (Lipinski definition) is 1. The molecule has 0 aliphatic carbocycles. The minimum atomic E-state index is -0.211. The normalized spacial score (nSPS) is 12.7. The zero-order valence-corrected chi connectivity index (χ0v) is 14.2. The Balaban J connectivity index is 2.28. The molecule has 1 N–H and O–H groups in total. The maximum absolute atomic E-state index is 13.5. The van der Waals surface area contributed by atoms with Gasteiger partial charge in [-0.2, -0.15) is 0 Å². The highest BCUT2D eigenvalue weighted by Crippen LogP contribution is 2.29. The fraction of sp³-hybridized carbons (Fsp3) is 0.400. The minimum absolute atomic E-state index is 0.0648. The summed E-state index contributed by atoms with van der Waals surface area (Å²) in [5.74, 6) is -0.211. The number of benzene rings is 1. The summed E-state index contributed by atoms with van der Waals surface area (Å²) in [5, 5.41) is 4.50. The number of likely N-dealkylation sites (N-methyl/N-ethyl adjacent to an activating group) is 1. The molecule has 5 heteroatoms. The number of thiazole rings is 1. The van der Waals surface area contributed by atoms with E-state index in [2.05, 4.69) is 40.1 Å². The molecule has 0 saturated carbocycles. The number of aryl methyl sites for hydroxylation is 2. The maximum Gasteiger partial charge on any atom is 0.123 e. The van der Waals surface area contributed by atoms with E-state index < -0.39 is 0 Å². The van der Waals surface area contributed by atoms with Gasteiger partial charge in [0.15, 0.2) is 0 Å². The first-order chi connectivity index (χ1) is 9.51. The highest BCUT2D eigenvalue weighted by atomic mass is 79.9. The Kier molecular flexibility index (Phi) is 5.29. The van der Waals surface area contributed by atoms with Gasteiger partial charge in [0.05, 0.1) is 10.7 Å². The van der Waals surface area contributed by atoms with Crippen LogP contribution < -0.4 is 5.32 Å². The molecule has 0 aliphatic rings. The van der Waals surface area contributed by atoms with Crippen molar-refractivity contribution in [1.29, 1.82) is 0 Å². The highest BCUT2D eigenvalue weighted by Gasteiger charge is 2.17. The van der Waals surface area contributed by atoms with Gasteiger partial charge in [0.2, 0.25) is 0 Å². The van der Waals surface area contributed by atoms with Gasteiger partial charge in [0.1, 0.15) is 5.82 Å². The van der Waals surface area contributed by atoms with Crippen LogP contribution in [-0.4, -0.2) is 11.5 Å². The smallest absolute Gasteiger partial charge is 0.123 e. The van der Waals surface area contributed by atoms with E-state index in [1.807, 2.05) is 6.92 Å². The summed E-state index contributed by atoms with van der Waals surface area (Å²) in [5.41, 5.74) is 2.02. The Morgan fingerprint density at radius 3 is 2.75 bits per heavy atom. The van der Waals surface area contributed by atoms with E-state index in [4.69, 9.17) is 0 Å². The van der Waals surface area contributed by atoms with Gasteiger partial charge in [-0.1, -0.05) is 22.9 Å². The second-order valence-electron chi connectivity index (χ2n) is 4.73. The van der Waals surface area contributed by atoms with Crippen molar-refractivity contribution in [3.05, 3.63) is 49.6 Å². The lowest BCUT2D eigenvalue weighted by Gasteiger charge is -2.18. The molecule has 20 heavy (non-hydrogen) atoms. The lowest BCUT2D eigenvalue weighted by Crippen LogP contribution is -2.23. The molecule has 2 rings (SSSR count). The first-order valence-electron chi connectivity index (χ1n) is 6.62. The summed E-state index contributed by atoms with van der Waals surface area (Å²) >= 11 is 5.22. The van der Waals surface area contributed by atoms with Gasteiger partial charge in [-0.25, -0.2) is 9.37 Å². The van der Waals surface area contributed by atoms with Crippen LogP contribution in [0.15, 0.2) is 22.7 Å². The van der Waals surface area contributed by atoms with E-state index in [0.29, 0.717) is 0 Å². The summed E-state index contributed by atoms with van der Waals surface area (Å²) in [6, 6.07) is 4.88. The zero-order chi connectivity index (χ0) is 14.7. The van der Waals surface area contributed by atoms with Crippen LogP contribution in [0.1, 0.15) is 34.1 Å². The number of hydrogen-bond acceptors (Lipinski definition) is 3. The average Bonchev–Trinajstić information content (AvgIpc) is 2.71. The molecule has 1 aromatic heterocycles. The predicted molar refractivity (Wildman–Crippen MR) is 85.8 cm³/mol. The van der Waals surface area contributed by atoms with Gasteiger partial charge >= 0.3 is 0 Å². The molecular weight excluding hydrogens is 339 g/mol. The van der Waals surface area contributed by atoms with Gasteiger partial charge < -0.3 is 5.32 Å². The van der Waals surface area contributed by atoms with E-state index in [1.165, 1.54) is 10.9 Å². The number of aromatic nitrogens is 1. The number of nitrogens with one attached hydrogen (secondary N) is 1. The molecule has 0 spiro atoms. The molecule has 1 aromatic carbocycles. The lowest BCUT2D eigenvalue weighted by molar-refractivity contribution is 0.539. The number of rotatable bonds is 5. The van der Waals surface area contributed by atoms with Crippen LogP contribution >= 0.6 is 27.3 Å². The second-order valence-corrected chi connectivity index (χ2v) is 6.87.